The summed E-state index contributed by atoms with van der Waals surface area (Å²) in [5.41, 5.74) is 1.01. The number of carbonyl (C=O) groups excluding carboxylic acids is 2. The molecule has 0 bridgehead atoms. The Kier molecular flexibility index (Phi) is 6.85. The zero-order valence-corrected chi connectivity index (χ0v) is 15.7. The van der Waals surface area contributed by atoms with Crippen molar-refractivity contribution in [3.8, 4) is 5.75 Å². The van der Waals surface area contributed by atoms with Crippen molar-refractivity contribution in [3.05, 3.63) is 29.8 Å². The van der Waals surface area contributed by atoms with Crippen LogP contribution in [0.2, 0.25) is 0 Å². The number of amides is 2. The van der Waals surface area contributed by atoms with Gasteiger partial charge >= 0.3 is 0 Å². The first-order chi connectivity index (χ1) is 11.9. The van der Waals surface area contributed by atoms with Gasteiger partial charge < -0.3 is 15.0 Å². The van der Waals surface area contributed by atoms with Crippen LogP contribution in [-0.2, 0) is 9.59 Å². The second kappa shape index (κ2) is 8.88. The van der Waals surface area contributed by atoms with E-state index in [-0.39, 0.29) is 30.0 Å². The Morgan fingerprint density at radius 3 is 2.72 bits per heavy atom. The first kappa shape index (κ1) is 19.3. The van der Waals surface area contributed by atoms with E-state index in [4.69, 9.17) is 4.74 Å². The van der Waals surface area contributed by atoms with Crippen LogP contribution in [-0.4, -0.2) is 35.4 Å². The van der Waals surface area contributed by atoms with E-state index in [1.54, 1.807) is 6.92 Å². The van der Waals surface area contributed by atoms with Gasteiger partial charge in [-0.2, -0.15) is 0 Å². The number of carbonyl (C=O) groups is 2. The summed E-state index contributed by atoms with van der Waals surface area (Å²) in [5.74, 6) is 0.855. The SMILES string of the molecule is CC(=O)N1CCCC[C@H]1CC(=O)N[C@H](C)c1cccc(OC(C)C)c1. The zero-order valence-electron chi connectivity index (χ0n) is 15.7. The highest BCUT2D eigenvalue weighted by molar-refractivity contribution is 5.79. The van der Waals surface area contributed by atoms with Crippen LogP contribution in [0.4, 0.5) is 0 Å². The molecule has 0 aliphatic carbocycles. The van der Waals surface area contributed by atoms with Crippen molar-refractivity contribution in [2.24, 2.45) is 0 Å². The molecule has 0 saturated carbocycles. The molecule has 5 heteroatoms. The number of likely N-dealkylation sites (tertiary alicyclic amines) is 1. The van der Waals surface area contributed by atoms with Crippen molar-refractivity contribution in [2.45, 2.75) is 71.6 Å². The van der Waals surface area contributed by atoms with Gasteiger partial charge in [-0.3, -0.25) is 9.59 Å². The maximum atomic E-state index is 12.4. The lowest BCUT2D eigenvalue weighted by molar-refractivity contribution is -0.134. The van der Waals surface area contributed by atoms with E-state index < -0.39 is 0 Å². The zero-order chi connectivity index (χ0) is 18.4. The van der Waals surface area contributed by atoms with Crippen LogP contribution in [0.5, 0.6) is 5.75 Å². The van der Waals surface area contributed by atoms with Crippen molar-refractivity contribution in [3.63, 3.8) is 0 Å². The highest BCUT2D eigenvalue weighted by atomic mass is 16.5. The van der Waals surface area contributed by atoms with Crippen LogP contribution in [0.25, 0.3) is 0 Å². The van der Waals surface area contributed by atoms with E-state index in [2.05, 4.69) is 5.32 Å². The van der Waals surface area contributed by atoms with Crippen LogP contribution >= 0.6 is 0 Å². The highest BCUT2D eigenvalue weighted by Gasteiger charge is 2.26. The molecular formula is C20H30N2O3. The molecule has 2 amide bonds. The third-order valence-electron chi connectivity index (χ3n) is 4.56. The number of hydrogen-bond donors (Lipinski definition) is 1. The second-order valence-corrected chi connectivity index (χ2v) is 7.09. The number of nitrogens with zero attached hydrogens (tertiary/aromatic N) is 1. The summed E-state index contributed by atoms with van der Waals surface area (Å²) in [5, 5.41) is 3.05. The average Bonchev–Trinajstić information content (AvgIpc) is 2.54. The summed E-state index contributed by atoms with van der Waals surface area (Å²) in [7, 11) is 0. The van der Waals surface area contributed by atoms with Crippen molar-refractivity contribution >= 4 is 11.8 Å². The van der Waals surface area contributed by atoms with Gasteiger partial charge in [-0.15, -0.1) is 0 Å². The summed E-state index contributed by atoms with van der Waals surface area (Å²) in [6, 6.07) is 7.74. The van der Waals surface area contributed by atoms with Crippen LogP contribution in [0, 0.1) is 0 Å². The van der Waals surface area contributed by atoms with Gasteiger partial charge in [0.15, 0.2) is 0 Å². The van der Waals surface area contributed by atoms with E-state index in [1.165, 1.54) is 0 Å². The summed E-state index contributed by atoms with van der Waals surface area (Å²) in [4.78, 5) is 26.0. The number of benzene rings is 1. The second-order valence-electron chi connectivity index (χ2n) is 7.09. The topological polar surface area (TPSA) is 58.6 Å². The van der Waals surface area contributed by atoms with E-state index in [0.29, 0.717) is 6.42 Å². The molecule has 1 aromatic carbocycles. The summed E-state index contributed by atoms with van der Waals surface area (Å²) in [6.07, 6.45) is 3.48. The fourth-order valence-corrected chi connectivity index (χ4v) is 3.35. The molecule has 138 valence electrons. The van der Waals surface area contributed by atoms with Crippen molar-refractivity contribution in [1.29, 1.82) is 0 Å². The number of hydrogen-bond acceptors (Lipinski definition) is 3. The fraction of sp³-hybridized carbons (Fsp3) is 0.600. The number of ether oxygens (including phenoxy) is 1. The Labute approximate surface area is 150 Å². The molecule has 0 unspecified atom stereocenters. The molecular weight excluding hydrogens is 316 g/mol. The van der Waals surface area contributed by atoms with Crippen molar-refractivity contribution < 1.29 is 14.3 Å². The Morgan fingerprint density at radius 1 is 1.28 bits per heavy atom. The first-order valence-electron chi connectivity index (χ1n) is 9.20. The molecule has 5 nitrogen and oxygen atoms in total. The van der Waals surface area contributed by atoms with Crippen LogP contribution in [0.15, 0.2) is 24.3 Å². The summed E-state index contributed by atoms with van der Waals surface area (Å²) in [6.45, 7) is 8.29. The lowest BCUT2D eigenvalue weighted by Gasteiger charge is -2.35. The maximum absolute atomic E-state index is 12.4. The van der Waals surface area contributed by atoms with E-state index in [9.17, 15) is 9.59 Å². The molecule has 1 N–H and O–H groups in total. The monoisotopic (exact) mass is 346 g/mol. The van der Waals surface area contributed by atoms with Crippen LogP contribution in [0.3, 0.4) is 0 Å². The normalized spacial score (nSPS) is 18.8. The summed E-state index contributed by atoms with van der Waals surface area (Å²) < 4.78 is 5.72. The predicted molar refractivity (Wildman–Crippen MR) is 98.4 cm³/mol. The van der Waals surface area contributed by atoms with E-state index >= 15 is 0 Å². The van der Waals surface area contributed by atoms with Gasteiger partial charge in [0, 0.05) is 25.9 Å². The van der Waals surface area contributed by atoms with Gasteiger partial charge in [0.25, 0.3) is 0 Å². The summed E-state index contributed by atoms with van der Waals surface area (Å²) >= 11 is 0. The Bertz CT molecular complexity index is 600. The standard InChI is InChI=1S/C20H30N2O3/c1-14(2)25-19-10-7-8-17(12-19)15(3)21-20(24)13-18-9-5-6-11-22(18)16(4)23/h7-8,10,12,14-15,18H,5-6,9,11,13H2,1-4H3,(H,21,24)/t15-,18+/m1/s1. The molecule has 2 rings (SSSR count). The Hall–Kier alpha value is -2.04. The lowest BCUT2D eigenvalue weighted by atomic mass is 9.98. The van der Waals surface area contributed by atoms with Gasteiger partial charge in [-0.05, 0) is 57.7 Å². The van der Waals surface area contributed by atoms with Crippen molar-refractivity contribution in [2.75, 3.05) is 6.54 Å². The molecule has 1 fully saturated rings. The van der Waals surface area contributed by atoms with Gasteiger partial charge in [-0.25, -0.2) is 0 Å². The molecule has 1 aliphatic rings. The van der Waals surface area contributed by atoms with E-state index in [1.807, 2.05) is 49.9 Å². The first-order valence-corrected chi connectivity index (χ1v) is 9.20. The quantitative estimate of drug-likeness (QED) is 0.858. The molecule has 0 radical (unpaired) electrons. The molecule has 2 atom stereocenters. The largest absolute Gasteiger partial charge is 0.491 e. The van der Waals surface area contributed by atoms with Gasteiger partial charge in [0.1, 0.15) is 5.75 Å². The van der Waals surface area contributed by atoms with Crippen LogP contribution in [0.1, 0.15) is 65.0 Å². The number of rotatable bonds is 6. The minimum atomic E-state index is -0.0995. The maximum Gasteiger partial charge on any atom is 0.222 e. The van der Waals surface area contributed by atoms with Gasteiger partial charge in [0.2, 0.25) is 11.8 Å². The number of piperidine rings is 1. The predicted octanol–water partition coefficient (Wildman–Crippen LogP) is 3.44. The molecule has 0 aromatic heterocycles. The minimum absolute atomic E-state index is 0.0131. The minimum Gasteiger partial charge on any atom is -0.491 e. The third kappa shape index (κ3) is 5.76. The highest BCUT2D eigenvalue weighted by Crippen LogP contribution is 2.22. The molecule has 0 spiro atoms. The van der Waals surface area contributed by atoms with Gasteiger partial charge in [-0.1, -0.05) is 12.1 Å². The van der Waals surface area contributed by atoms with Crippen LogP contribution < -0.4 is 10.1 Å². The molecule has 1 aromatic rings. The third-order valence-corrected chi connectivity index (χ3v) is 4.56. The number of nitrogens with one attached hydrogen (secondary N) is 1. The lowest BCUT2D eigenvalue weighted by Crippen LogP contribution is -2.45. The molecule has 1 aliphatic heterocycles. The average molecular weight is 346 g/mol. The molecule has 1 heterocycles. The van der Waals surface area contributed by atoms with Gasteiger partial charge in [0.05, 0.1) is 12.1 Å². The van der Waals surface area contributed by atoms with Crippen molar-refractivity contribution in [1.82, 2.24) is 10.2 Å². The fourth-order valence-electron chi connectivity index (χ4n) is 3.35. The Balaban J connectivity index is 1.94. The molecule has 25 heavy (non-hydrogen) atoms. The molecule has 1 saturated heterocycles. The smallest absolute Gasteiger partial charge is 0.222 e. The Morgan fingerprint density at radius 2 is 2.04 bits per heavy atom. The van der Waals surface area contributed by atoms with E-state index in [0.717, 1.165) is 37.1 Å².